The van der Waals surface area contributed by atoms with Gasteiger partial charge in [-0.2, -0.15) is 0 Å². The summed E-state index contributed by atoms with van der Waals surface area (Å²) in [6.07, 6.45) is 2.72. The molecule has 0 radical (unpaired) electrons. The molecule has 0 bridgehead atoms. The number of thiophene rings is 1. The van der Waals surface area contributed by atoms with E-state index >= 15 is 0 Å². The Kier molecular flexibility index (Phi) is 6.24. The molecule has 5 heteroatoms. The van der Waals surface area contributed by atoms with E-state index in [1.54, 1.807) is 0 Å². The fraction of sp³-hybridized carbons (Fsp3) is 0.562. The van der Waals surface area contributed by atoms with Gasteiger partial charge >= 0.3 is 0 Å². The standard InChI is InChI=1S/C16H22N2O2S/c1-18-8-5-13(6-9-18)12-17-16(20)15-14(7-11-21-15)4-2-3-10-19/h7,11,13,19H,3,5-6,8-10,12H2,1H3,(H,17,20). The minimum Gasteiger partial charge on any atom is -0.395 e. The lowest BCUT2D eigenvalue weighted by molar-refractivity contribution is 0.0943. The average Bonchev–Trinajstić information content (AvgIpc) is 2.95. The van der Waals surface area contributed by atoms with Gasteiger partial charge in [0.2, 0.25) is 0 Å². The molecule has 1 amide bonds. The average molecular weight is 306 g/mol. The van der Waals surface area contributed by atoms with Crippen molar-refractivity contribution in [2.24, 2.45) is 5.92 Å². The first-order valence-corrected chi connectivity index (χ1v) is 8.22. The van der Waals surface area contributed by atoms with Gasteiger partial charge in [-0.1, -0.05) is 11.8 Å². The summed E-state index contributed by atoms with van der Waals surface area (Å²) in [6.45, 7) is 3.01. The third kappa shape index (κ3) is 4.85. The zero-order chi connectivity index (χ0) is 15.1. The number of aliphatic hydroxyl groups excluding tert-OH is 1. The van der Waals surface area contributed by atoms with Crippen molar-refractivity contribution in [3.63, 3.8) is 0 Å². The van der Waals surface area contributed by atoms with E-state index in [1.807, 2.05) is 11.4 Å². The molecular formula is C16H22N2O2S. The van der Waals surface area contributed by atoms with Crippen LogP contribution in [0.5, 0.6) is 0 Å². The molecule has 114 valence electrons. The van der Waals surface area contributed by atoms with E-state index in [-0.39, 0.29) is 12.5 Å². The zero-order valence-electron chi connectivity index (χ0n) is 12.4. The molecule has 1 aliphatic rings. The molecule has 1 fully saturated rings. The molecule has 1 aromatic rings. The number of nitrogens with one attached hydrogen (secondary N) is 1. The Morgan fingerprint density at radius 2 is 2.29 bits per heavy atom. The highest BCUT2D eigenvalue weighted by molar-refractivity contribution is 7.12. The number of rotatable bonds is 4. The van der Waals surface area contributed by atoms with Gasteiger partial charge in [0, 0.05) is 18.5 Å². The lowest BCUT2D eigenvalue weighted by Crippen LogP contribution is -2.36. The van der Waals surface area contributed by atoms with E-state index in [4.69, 9.17) is 5.11 Å². The highest BCUT2D eigenvalue weighted by Crippen LogP contribution is 2.18. The highest BCUT2D eigenvalue weighted by atomic mass is 32.1. The quantitative estimate of drug-likeness (QED) is 0.830. The monoisotopic (exact) mass is 306 g/mol. The first-order valence-electron chi connectivity index (χ1n) is 7.34. The molecule has 2 N–H and O–H groups in total. The second-order valence-corrected chi connectivity index (χ2v) is 6.31. The Hall–Kier alpha value is -1.35. The molecule has 2 heterocycles. The molecule has 0 aromatic carbocycles. The van der Waals surface area contributed by atoms with Gasteiger partial charge in [-0.05, 0) is 50.3 Å². The van der Waals surface area contributed by atoms with E-state index in [2.05, 4.69) is 29.1 Å². The van der Waals surface area contributed by atoms with Gasteiger partial charge in [-0.3, -0.25) is 4.79 Å². The number of amides is 1. The normalized spacial score (nSPS) is 16.3. The van der Waals surface area contributed by atoms with Crippen LogP contribution in [-0.2, 0) is 0 Å². The van der Waals surface area contributed by atoms with Crippen LogP contribution in [0.2, 0.25) is 0 Å². The molecule has 1 saturated heterocycles. The van der Waals surface area contributed by atoms with Gasteiger partial charge < -0.3 is 15.3 Å². The maximum atomic E-state index is 12.2. The third-order valence-corrected chi connectivity index (χ3v) is 4.63. The van der Waals surface area contributed by atoms with Crippen molar-refractivity contribution in [3.8, 4) is 11.8 Å². The number of aliphatic hydroxyl groups is 1. The molecule has 1 aromatic heterocycles. The number of carbonyl (C=O) groups is 1. The molecule has 0 saturated carbocycles. The van der Waals surface area contributed by atoms with Gasteiger partial charge in [0.05, 0.1) is 6.61 Å². The van der Waals surface area contributed by atoms with E-state index in [0.29, 0.717) is 17.2 Å². The van der Waals surface area contributed by atoms with E-state index in [1.165, 1.54) is 11.3 Å². The Morgan fingerprint density at radius 3 is 3.00 bits per heavy atom. The summed E-state index contributed by atoms with van der Waals surface area (Å²) < 4.78 is 0. The third-order valence-electron chi connectivity index (χ3n) is 3.72. The van der Waals surface area contributed by atoms with Crippen LogP contribution in [0, 0.1) is 17.8 Å². The molecule has 2 rings (SSSR count). The van der Waals surface area contributed by atoms with Gasteiger partial charge in [0.1, 0.15) is 4.88 Å². The number of carbonyl (C=O) groups excluding carboxylic acids is 1. The van der Waals surface area contributed by atoms with Crippen molar-refractivity contribution < 1.29 is 9.90 Å². The fourth-order valence-electron chi connectivity index (χ4n) is 2.38. The summed E-state index contributed by atoms with van der Waals surface area (Å²) in [7, 11) is 2.14. The van der Waals surface area contributed by atoms with Crippen LogP contribution in [0.3, 0.4) is 0 Å². The molecule has 0 spiro atoms. The number of piperidine rings is 1. The molecule has 1 aliphatic heterocycles. The van der Waals surface area contributed by atoms with Gasteiger partial charge in [0.15, 0.2) is 0 Å². The van der Waals surface area contributed by atoms with Crippen molar-refractivity contribution in [2.45, 2.75) is 19.3 Å². The van der Waals surface area contributed by atoms with E-state index in [9.17, 15) is 4.79 Å². The van der Waals surface area contributed by atoms with Gasteiger partial charge in [-0.15, -0.1) is 11.3 Å². The van der Waals surface area contributed by atoms with Crippen molar-refractivity contribution >= 4 is 17.2 Å². The molecule has 0 unspecified atom stereocenters. The van der Waals surface area contributed by atoms with Crippen LogP contribution in [0.15, 0.2) is 11.4 Å². The predicted molar refractivity (Wildman–Crippen MR) is 85.5 cm³/mol. The van der Waals surface area contributed by atoms with Crippen molar-refractivity contribution in [1.82, 2.24) is 10.2 Å². The van der Waals surface area contributed by atoms with Crippen molar-refractivity contribution in [3.05, 3.63) is 21.9 Å². The lowest BCUT2D eigenvalue weighted by atomic mass is 9.97. The van der Waals surface area contributed by atoms with E-state index < -0.39 is 0 Å². The lowest BCUT2D eigenvalue weighted by Gasteiger charge is -2.28. The highest BCUT2D eigenvalue weighted by Gasteiger charge is 2.18. The first-order chi connectivity index (χ1) is 10.2. The van der Waals surface area contributed by atoms with Crippen LogP contribution in [0.1, 0.15) is 34.5 Å². The maximum absolute atomic E-state index is 12.2. The Balaban J connectivity index is 1.86. The van der Waals surface area contributed by atoms with Crippen LogP contribution in [0.4, 0.5) is 0 Å². The maximum Gasteiger partial charge on any atom is 0.262 e. The van der Waals surface area contributed by atoms with Crippen molar-refractivity contribution in [1.29, 1.82) is 0 Å². The SMILES string of the molecule is CN1CCC(CNC(=O)c2sccc2C#CCCO)CC1. The second-order valence-electron chi connectivity index (χ2n) is 5.40. The molecule has 21 heavy (non-hydrogen) atoms. The summed E-state index contributed by atoms with van der Waals surface area (Å²) in [6, 6.07) is 1.86. The van der Waals surface area contributed by atoms with Crippen molar-refractivity contribution in [2.75, 3.05) is 33.3 Å². The minimum absolute atomic E-state index is 0.0303. The summed E-state index contributed by atoms with van der Waals surface area (Å²) >= 11 is 1.42. The second kappa shape index (κ2) is 8.18. The topological polar surface area (TPSA) is 52.6 Å². The predicted octanol–water partition coefficient (Wildman–Crippen LogP) is 1.55. The first kappa shape index (κ1) is 16.0. The summed E-state index contributed by atoms with van der Waals surface area (Å²) in [5.74, 6) is 6.36. The fourth-order valence-corrected chi connectivity index (χ4v) is 3.15. The van der Waals surface area contributed by atoms with Gasteiger partial charge in [0.25, 0.3) is 5.91 Å². The Labute approximate surface area is 130 Å². The van der Waals surface area contributed by atoms with Gasteiger partial charge in [-0.25, -0.2) is 0 Å². The number of nitrogens with zero attached hydrogens (tertiary/aromatic N) is 1. The molecule has 0 aliphatic carbocycles. The zero-order valence-corrected chi connectivity index (χ0v) is 13.2. The van der Waals surface area contributed by atoms with Crippen LogP contribution in [-0.4, -0.2) is 49.2 Å². The number of hydrogen-bond donors (Lipinski definition) is 2. The summed E-state index contributed by atoms with van der Waals surface area (Å²) in [5.41, 5.74) is 0.759. The largest absolute Gasteiger partial charge is 0.395 e. The minimum atomic E-state index is -0.0303. The number of hydrogen-bond acceptors (Lipinski definition) is 4. The van der Waals surface area contributed by atoms with E-state index in [0.717, 1.165) is 38.0 Å². The van der Waals surface area contributed by atoms with Crippen LogP contribution >= 0.6 is 11.3 Å². The molecule has 4 nitrogen and oxygen atoms in total. The summed E-state index contributed by atoms with van der Waals surface area (Å²) in [4.78, 5) is 15.2. The van der Waals surface area contributed by atoms with Crippen LogP contribution in [0.25, 0.3) is 0 Å². The smallest absolute Gasteiger partial charge is 0.262 e. The number of likely N-dealkylation sites (tertiary alicyclic amines) is 1. The summed E-state index contributed by atoms with van der Waals surface area (Å²) in [5, 5.41) is 13.7. The molecule has 0 atom stereocenters. The van der Waals surface area contributed by atoms with Crippen LogP contribution < -0.4 is 5.32 Å². The molecular weight excluding hydrogens is 284 g/mol. The Morgan fingerprint density at radius 1 is 1.52 bits per heavy atom. The Bertz CT molecular complexity index is 522.